The molecule has 1 aromatic carbocycles. The summed E-state index contributed by atoms with van der Waals surface area (Å²) in [4.78, 5) is 4.07. The molecule has 0 aliphatic carbocycles. The Morgan fingerprint density at radius 1 is 1.24 bits per heavy atom. The summed E-state index contributed by atoms with van der Waals surface area (Å²) in [5, 5.41) is 4.29. The number of pyridine rings is 1. The van der Waals surface area contributed by atoms with E-state index in [4.69, 9.17) is 11.6 Å². The number of benzene rings is 1. The Kier molecular flexibility index (Phi) is 5.77. The van der Waals surface area contributed by atoms with Crippen molar-refractivity contribution in [3.63, 3.8) is 0 Å². The van der Waals surface area contributed by atoms with Gasteiger partial charge in [-0.2, -0.15) is 0 Å². The number of hydrogen-bond acceptors (Lipinski definition) is 2. The second-order valence-corrected chi connectivity index (χ2v) is 6.25. The van der Waals surface area contributed by atoms with Crippen LogP contribution in [0.5, 0.6) is 0 Å². The summed E-state index contributed by atoms with van der Waals surface area (Å²) >= 11 is 6.27. The van der Waals surface area contributed by atoms with Gasteiger partial charge in [-0.05, 0) is 30.5 Å². The van der Waals surface area contributed by atoms with Crippen molar-refractivity contribution in [3.05, 3.63) is 64.4 Å². The maximum atomic E-state index is 6.27. The number of hydrogen-bond donors (Lipinski definition) is 1. The molecule has 0 saturated carbocycles. The molecule has 21 heavy (non-hydrogen) atoms. The van der Waals surface area contributed by atoms with Gasteiger partial charge in [0.05, 0.1) is 5.02 Å². The van der Waals surface area contributed by atoms with Crippen molar-refractivity contribution in [2.24, 2.45) is 0 Å². The van der Waals surface area contributed by atoms with Gasteiger partial charge in [-0.1, -0.05) is 55.3 Å². The highest BCUT2D eigenvalue weighted by molar-refractivity contribution is 6.31. The standard InChI is InChI=1S/C18H23ClN2/c1-13(2)21-11-17(15-6-4-5-14(3)9-15)10-16-7-8-20-12-18(16)19/h4-9,12-13,17,21H,10-11H2,1-3H3. The first-order valence-corrected chi connectivity index (χ1v) is 7.82. The molecule has 0 fully saturated rings. The van der Waals surface area contributed by atoms with Crippen LogP contribution in [0.2, 0.25) is 5.02 Å². The van der Waals surface area contributed by atoms with Crippen molar-refractivity contribution in [1.82, 2.24) is 10.3 Å². The molecule has 0 bridgehead atoms. The molecular weight excluding hydrogens is 280 g/mol. The second kappa shape index (κ2) is 7.58. The van der Waals surface area contributed by atoms with E-state index >= 15 is 0 Å². The molecule has 0 radical (unpaired) electrons. The predicted molar refractivity (Wildman–Crippen MR) is 90.0 cm³/mol. The minimum atomic E-state index is 0.409. The second-order valence-electron chi connectivity index (χ2n) is 5.85. The molecule has 0 aliphatic rings. The smallest absolute Gasteiger partial charge is 0.0621 e. The Morgan fingerprint density at radius 2 is 2.05 bits per heavy atom. The lowest BCUT2D eigenvalue weighted by Gasteiger charge is -2.21. The van der Waals surface area contributed by atoms with Crippen molar-refractivity contribution >= 4 is 11.6 Å². The van der Waals surface area contributed by atoms with Gasteiger partial charge in [0, 0.05) is 30.9 Å². The van der Waals surface area contributed by atoms with Crippen LogP contribution in [0.3, 0.4) is 0 Å². The normalized spacial score (nSPS) is 12.6. The molecule has 0 spiro atoms. The fourth-order valence-electron chi connectivity index (χ4n) is 2.44. The third-order valence-electron chi connectivity index (χ3n) is 3.61. The Hall–Kier alpha value is -1.38. The molecule has 2 nitrogen and oxygen atoms in total. The summed E-state index contributed by atoms with van der Waals surface area (Å²) in [5.41, 5.74) is 3.81. The summed E-state index contributed by atoms with van der Waals surface area (Å²) < 4.78 is 0. The van der Waals surface area contributed by atoms with Crippen molar-refractivity contribution in [2.75, 3.05) is 6.54 Å². The van der Waals surface area contributed by atoms with Crippen molar-refractivity contribution in [2.45, 2.75) is 39.2 Å². The Morgan fingerprint density at radius 3 is 2.71 bits per heavy atom. The van der Waals surface area contributed by atoms with E-state index in [1.807, 2.05) is 12.3 Å². The molecule has 1 unspecified atom stereocenters. The summed E-state index contributed by atoms with van der Waals surface area (Å²) in [6.07, 6.45) is 4.45. The molecule has 112 valence electrons. The zero-order chi connectivity index (χ0) is 15.2. The monoisotopic (exact) mass is 302 g/mol. The molecular formula is C18H23ClN2. The van der Waals surface area contributed by atoms with Crippen LogP contribution in [0.25, 0.3) is 0 Å². The quantitative estimate of drug-likeness (QED) is 0.857. The van der Waals surface area contributed by atoms with Gasteiger partial charge in [0.2, 0.25) is 0 Å². The lowest BCUT2D eigenvalue weighted by atomic mass is 9.91. The topological polar surface area (TPSA) is 24.9 Å². The molecule has 1 atom stereocenters. The van der Waals surface area contributed by atoms with Crippen LogP contribution in [0, 0.1) is 6.92 Å². The lowest BCUT2D eigenvalue weighted by Crippen LogP contribution is -2.29. The zero-order valence-corrected chi connectivity index (χ0v) is 13.7. The third-order valence-corrected chi connectivity index (χ3v) is 3.95. The van der Waals surface area contributed by atoms with Crippen LogP contribution >= 0.6 is 11.6 Å². The fraction of sp³-hybridized carbons (Fsp3) is 0.389. The fourth-order valence-corrected chi connectivity index (χ4v) is 2.64. The Labute approximate surface area is 132 Å². The summed E-state index contributed by atoms with van der Waals surface area (Å²) in [6.45, 7) is 7.43. The molecule has 3 heteroatoms. The van der Waals surface area contributed by atoms with Gasteiger partial charge < -0.3 is 5.32 Å². The van der Waals surface area contributed by atoms with Gasteiger partial charge in [-0.15, -0.1) is 0 Å². The van der Waals surface area contributed by atoms with Crippen LogP contribution in [0.1, 0.15) is 36.5 Å². The molecule has 0 aliphatic heterocycles. The molecule has 0 saturated heterocycles. The average molecular weight is 303 g/mol. The van der Waals surface area contributed by atoms with Gasteiger partial charge in [0.25, 0.3) is 0 Å². The molecule has 1 aromatic heterocycles. The van der Waals surface area contributed by atoms with E-state index < -0.39 is 0 Å². The van der Waals surface area contributed by atoms with Crippen LogP contribution in [0.15, 0.2) is 42.7 Å². The first-order chi connectivity index (χ1) is 10.1. The summed E-state index contributed by atoms with van der Waals surface area (Å²) in [5.74, 6) is 0.409. The Bertz CT molecular complexity index is 581. The number of aromatic nitrogens is 1. The van der Waals surface area contributed by atoms with Gasteiger partial charge in [0.15, 0.2) is 0 Å². The predicted octanol–water partition coefficient (Wildman–Crippen LogP) is 4.37. The van der Waals surface area contributed by atoms with Crippen LogP contribution in [-0.2, 0) is 6.42 Å². The van der Waals surface area contributed by atoms with Crippen molar-refractivity contribution in [3.8, 4) is 0 Å². The molecule has 1 heterocycles. The first kappa shape index (κ1) is 16.0. The van der Waals surface area contributed by atoms with Crippen LogP contribution < -0.4 is 5.32 Å². The number of nitrogens with zero attached hydrogens (tertiary/aromatic N) is 1. The highest BCUT2D eigenvalue weighted by Crippen LogP contribution is 2.25. The van der Waals surface area contributed by atoms with Gasteiger partial charge in [-0.3, -0.25) is 4.98 Å². The first-order valence-electron chi connectivity index (χ1n) is 7.44. The lowest BCUT2D eigenvalue weighted by molar-refractivity contribution is 0.526. The average Bonchev–Trinajstić information content (AvgIpc) is 2.45. The molecule has 0 amide bonds. The highest BCUT2D eigenvalue weighted by atomic mass is 35.5. The molecule has 2 rings (SSSR count). The van der Waals surface area contributed by atoms with Gasteiger partial charge in [0.1, 0.15) is 0 Å². The maximum absolute atomic E-state index is 6.27. The van der Waals surface area contributed by atoms with E-state index in [-0.39, 0.29) is 0 Å². The highest BCUT2D eigenvalue weighted by Gasteiger charge is 2.15. The third kappa shape index (κ3) is 4.83. The van der Waals surface area contributed by atoms with Crippen molar-refractivity contribution < 1.29 is 0 Å². The Balaban J connectivity index is 2.21. The van der Waals surface area contributed by atoms with Crippen LogP contribution in [-0.4, -0.2) is 17.6 Å². The van der Waals surface area contributed by atoms with Gasteiger partial charge in [-0.25, -0.2) is 0 Å². The SMILES string of the molecule is Cc1cccc(C(CNC(C)C)Cc2ccncc2Cl)c1. The van der Waals surface area contributed by atoms with E-state index in [2.05, 4.69) is 55.3 Å². The van der Waals surface area contributed by atoms with Crippen molar-refractivity contribution in [1.29, 1.82) is 0 Å². The number of aryl methyl sites for hydroxylation is 1. The van der Waals surface area contributed by atoms with Crippen LogP contribution in [0.4, 0.5) is 0 Å². The van der Waals surface area contributed by atoms with E-state index in [9.17, 15) is 0 Å². The number of rotatable bonds is 6. The maximum Gasteiger partial charge on any atom is 0.0621 e. The van der Waals surface area contributed by atoms with E-state index in [1.54, 1.807) is 6.20 Å². The van der Waals surface area contributed by atoms with E-state index in [0.717, 1.165) is 23.6 Å². The minimum absolute atomic E-state index is 0.409. The zero-order valence-electron chi connectivity index (χ0n) is 12.9. The number of halogens is 1. The minimum Gasteiger partial charge on any atom is -0.314 e. The van der Waals surface area contributed by atoms with Gasteiger partial charge >= 0.3 is 0 Å². The molecule has 2 aromatic rings. The summed E-state index contributed by atoms with van der Waals surface area (Å²) in [6, 6.07) is 11.2. The summed E-state index contributed by atoms with van der Waals surface area (Å²) in [7, 11) is 0. The van der Waals surface area contributed by atoms with E-state index in [1.165, 1.54) is 11.1 Å². The largest absolute Gasteiger partial charge is 0.314 e. The van der Waals surface area contributed by atoms with E-state index in [0.29, 0.717) is 12.0 Å². The molecule has 1 N–H and O–H groups in total. The number of nitrogens with one attached hydrogen (secondary N) is 1.